The summed E-state index contributed by atoms with van der Waals surface area (Å²) in [5.74, 6) is 0.746. The first-order valence-corrected chi connectivity index (χ1v) is 50.3. The summed E-state index contributed by atoms with van der Waals surface area (Å²) in [4.78, 5) is 103. The molecule has 0 amide bonds. The minimum atomic E-state index is -0.698. The molecule has 0 heterocycles. The Morgan fingerprint density at radius 1 is 0.279 bits per heavy atom. The molecule has 4 unspecified atom stereocenters. The lowest BCUT2D eigenvalue weighted by Gasteiger charge is -2.34. The maximum Gasteiger partial charge on any atom is 0.333 e. The quantitative estimate of drug-likeness (QED) is 0.0113. The Morgan fingerprint density at radius 3 is 0.700 bits per heavy atom. The summed E-state index contributed by atoms with van der Waals surface area (Å²) < 4.78 is 69.5. The number of carbonyl (C=O) groups excluding carboxylic acids is 8. The Balaban J connectivity index is 0.000000236. The van der Waals surface area contributed by atoms with Crippen LogP contribution in [0.2, 0.25) is 0 Å². The first kappa shape index (κ1) is 103. The van der Waals surface area contributed by atoms with Crippen molar-refractivity contribution in [1.29, 1.82) is 0 Å². The van der Waals surface area contributed by atoms with Crippen LogP contribution in [-0.2, 0) is 87.1 Å². The van der Waals surface area contributed by atoms with Crippen molar-refractivity contribution in [3.8, 4) is 45.3 Å². The number of rotatable bonds is 52. The molecule has 24 heteroatoms. The molecule has 140 heavy (non-hydrogen) atoms. The van der Waals surface area contributed by atoms with E-state index >= 15 is 0 Å². The molecule has 0 aliphatic heterocycles. The van der Waals surface area contributed by atoms with Crippen LogP contribution in [-0.4, -0.2) is 148 Å². The minimum Gasteiger partial charge on any atom is -0.490 e. The molecule has 0 saturated heterocycles. The third kappa shape index (κ3) is 29.1. The van der Waals surface area contributed by atoms with Gasteiger partial charge in [0, 0.05) is 91.6 Å². The fraction of sp³-hybridized carbons (Fsp3) is 0.241. The van der Waals surface area contributed by atoms with E-state index in [1.54, 1.807) is 60.9 Å². The van der Waals surface area contributed by atoms with Gasteiger partial charge in [-0.3, -0.25) is 19.2 Å². The maximum atomic E-state index is 13.0. The molecule has 12 aromatic carbocycles. The fourth-order valence-electron chi connectivity index (χ4n) is 16.2. The number of ether oxygens (including phenoxy) is 12. The van der Waals surface area contributed by atoms with E-state index in [2.05, 4.69) is 172 Å². The number of carbonyl (C=O) groups is 8. The van der Waals surface area contributed by atoms with E-state index in [1.807, 2.05) is 170 Å². The molecule has 0 saturated carbocycles. The van der Waals surface area contributed by atoms with Crippen molar-refractivity contribution >= 4 is 94.8 Å². The van der Waals surface area contributed by atoms with Crippen LogP contribution in [0.25, 0.3) is 22.3 Å². The van der Waals surface area contributed by atoms with Crippen LogP contribution in [0, 0.1) is 0 Å². The van der Waals surface area contributed by atoms with E-state index in [1.165, 1.54) is 0 Å². The number of hydrogen-bond donors (Lipinski definition) is 0. The van der Waals surface area contributed by atoms with Gasteiger partial charge in [0.1, 0.15) is 73.8 Å². The van der Waals surface area contributed by atoms with Gasteiger partial charge >= 0.3 is 47.8 Å². The molecule has 0 N–H and O–H groups in total. The number of benzene rings is 12. The summed E-state index contributed by atoms with van der Waals surface area (Å²) in [7, 11) is 0. The van der Waals surface area contributed by atoms with Gasteiger partial charge in [0.05, 0.1) is 37.3 Å². The zero-order valence-corrected chi connectivity index (χ0v) is 81.5. The normalized spacial score (nSPS) is 12.8. The van der Waals surface area contributed by atoms with E-state index < -0.39 is 83.0 Å². The van der Waals surface area contributed by atoms with E-state index in [4.69, 9.17) is 56.8 Å². The smallest absolute Gasteiger partial charge is 0.333 e. The first-order chi connectivity index (χ1) is 68.3. The van der Waals surface area contributed by atoms with Crippen LogP contribution in [0.3, 0.4) is 0 Å². The minimum absolute atomic E-state index is 0.0890. The Morgan fingerprint density at radius 2 is 0.486 bits per heavy atom. The average molecular weight is 1950 g/mol. The molecule has 720 valence electrons. The topological polar surface area (TPSA) is 247 Å². The Hall–Kier alpha value is -14.0. The van der Waals surface area contributed by atoms with E-state index in [-0.39, 0.29) is 78.5 Å². The molecule has 20 nitrogen and oxygen atoms in total. The highest BCUT2D eigenvalue weighted by Gasteiger charge is 2.48. The van der Waals surface area contributed by atoms with Gasteiger partial charge in [0.15, 0.2) is 0 Å². The fourth-order valence-corrected chi connectivity index (χ4v) is 19.8. The Kier molecular flexibility index (Phi) is 39.3. The number of hydrogen-bond acceptors (Lipinski definition) is 24. The predicted molar refractivity (Wildman–Crippen MR) is 548 cm³/mol. The largest absolute Gasteiger partial charge is 0.490 e. The lowest BCUT2D eigenvalue weighted by molar-refractivity contribution is -0.151. The highest BCUT2D eigenvalue weighted by atomic mass is 32.2. The number of esters is 8. The van der Waals surface area contributed by atoms with Crippen molar-refractivity contribution in [2.45, 2.75) is 120 Å². The Bertz CT molecular complexity index is 5790. The van der Waals surface area contributed by atoms with Crippen molar-refractivity contribution in [3.63, 3.8) is 0 Å². The van der Waals surface area contributed by atoms with E-state index in [0.717, 1.165) is 98.5 Å². The third-order valence-electron chi connectivity index (χ3n) is 22.8. The van der Waals surface area contributed by atoms with Gasteiger partial charge in [0.25, 0.3) is 0 Å². The second kappa shape index (κ2) is 53.2. The zero-order valence-electron chi connectivity index (χ0n) is 78.3. The molecule has 0 fully saturated rings. The SMILES string of the molecule is C=C(C)C(=O)OCCCC(=O)OC(COc1ccc(C2(c3ccc(OCC(CSc4ccccc4)OC(=O)CCCOC(=O)C(=C)C)cc3)c3ccccc3-c3ccccc32)cc1)CSc1ccccc1.C=CC(=O)OCCCC(=O)OC(COc1ccc(C2(c3ccc(OCC(CSc4ccccc4)OC(=O)CCCOC(=O)C=C)cc3)c3ccccc3-c3ccccc32)cc1)CSc1ccccc1. The van der Waals surface area contributed by atoms with Crippen LogP contribution in [0.15, 0.2) is 385 Å². The third-order valence-corrected chi connectivity index (χ3v) is 27.4. The van der Waals surface area contributed by atoms with Gasteiger partial charge in [-0.25, -0.2) is 19.2 Å². The van der Waals surface area contributed by atoms with Gasteiger partial charge in [-0.1, -0.05) is 245 Å². The molecule has 0 spiro atoms. The van der Waals surface area contributed by atoms with Crippen molar-refractivity contribution < 1.29 is 95.2 Å². The van der Waals surface area contributed by atoms with Gasteiger partial charge in [-0.15, -0.1) is 47.0 Å². The molecule has 12 aromatic rings. The summed E-state index contributed by atoms with van der Waals surface area (Å²) in [6.07, 6.45) is 1.64. The lowest BCUT2D eigenvalue weighted by atomic mass is 9.68. The molecule has 0 aromatic heterocycles. The van der Waals surface area contributed by atoms with Gasteiger partial charge in [-0.2, -0.15) is 0 Å². The van der Waals surface area contributed by atoms with Crippen molar-refractivity contribution in [3.05, 3.63) is 410 Å². The molecule has 2 aliphatic carbocycles. The zero-order chi connectivity index (χ0) is 98.3. The molecule has 4 atom stereocenters. The summed E-state index contributed by atoms with van der Waals surface area (Å²) in [5, 5.41) is 0. The molecule has 14 rings (SSSR count). The van der Waals surface area contributed by atoms with Crippen LogP contribution in [0.1, 0.15) is 110 Å². The standard InChI is InChI=1S/C59H58O10S2.C57H54O10S2/c1-41(2)57(62)64-35-15-25-55(60)68-47(39-70-49-17-7-5-8-18-49)37-66-45-31-27-43(28-32-45)59(53-23-13-11-21-51(53)52-22-12-14-24-54(52)59)44-29-33-46(34-30-44)67-38-48(40-71-50-19-9-6-10-20-50)69-56(61)26-16-36-65-58(63)42(3)4;1-3-53(58)62-35-15-25-55(60)66-45(39-68-47-17-7-5-8-18-47)37-64-43-31-27-41(28-32-43)57(51-23-13-11-21-49(51)50-22-12-14-24-52(50)57)42-29-33-44(34-30-42)65-38-46(40-69-48-19-9-6-10-20-48)67-56(61)26-16-36-63-54(59)4-2/h5-14,17-24,27-34,47-48H,1,3,15-16,25-26,35-40H2,2,4H3;3-14,17-24,27-34,45-46H,1-2,15-16,25-26,35-40H2. The monoisotopic (exact) mass is 1950 g/mol. The lowest BCUT2D eigenvalue weighted by Crippen LogP contribution is -2.29. The maximum absolute atomic E-state index is 13.0. The molecule has 0 bridgehead atoms. The van der Waals surface area contributed by atoms with Gasteiger partial charge < -0.3 is 56.8 Å². The van der Waals surface area contributed by atoms with E-state index in [9.17, 15) is 38.4 Å². The summed E-state index contributed by atoms with van der Waals surface area (Å²) >= 11 is 6.30. The summed E-state index contributed by atoms with van der Waals surface area (Å²) in [5.41, 5.74) is 12.5. The van der Waals surface area contributed by atoms with Crippen LogP contribution < -0.4 is 18.9 Å². The van der Waals surface area contributed by atoms with Crippen LogP contribution in [0.4, 0.5) is 0 Å². The summed E-state index contributed by atoms with van der Waals surface area (Å²) in [6.45, 7) is 18.0. The first-order valence-electron chi connectivity index (χ1n) is 46.3. The van der Waals surface area contributed by atoms with Crippen LogP contribution >= 0.6 is 47.0 Å². The second-order valence-corrected chi connectivity index (χ2v) is 37.3. The summed E-state index contributed by atoms with van der Waals surface area (Å²) in [6, 6.07) is 106. The predicted octanol–water partition coefficient (Wildman–Crippen LogP) is 23.2. The highest BCUT2D eigenvalue weighted by Crippen LogP contribution is 2.58. The number of fused-ring (bicyclic) bond motifs is 6. The molecular formula is C116H112O20S4. The second-order valence-electron chi connectivity index (χ2n) is 33.0. The van der Waals surface area contributed by atoms with Crippen molar-refractivity contribution in [2.75, 3.05) is 75.9 Å². The number of thioether (sulfide) groups is 4. The van der Waals surface area contributed by atoms with Gasteiger partial charge in [0.2, 0.25) is 0 Å². The highest BCUT2D eigenvalue weighted by molar-refractivity contribution is 8.00. The van der Waals surface area contributed by atoms with Crippen molar-refractivity contribution in [2.24, 2.45) is 0 Å². The Labute approximate surface area is 834 Å². The van der Waals surface area contributed by atoms with Crippen molar-refractivity contribution in [1.82, 2.24) is 0 Å². The van der Waals surface area contributed by atoms with Crippen LogP contribution in [0.5, 0.6) is 23.0 Å². The average Bonchev–Trinajstić information content (AvgIpc) is 1.54. The molecule has 0 radical (unpaired) electrons. The van der Waals surface area contributed by atoms with E-state index in [0.29, 0.717) is 82.8 Å². The molecular weight excluding hydrogens is 1840 g/mol. The molecule has 2 aliphatic rings. The van der Waals surface area contributed by atoms with Gasteiger partial charge in [-0.05, 0) is 203 Å².